The predicted molar refractivity (Wildman–Crippen MR) is 78.5 cm³/mol. The standard InChI is InChI=1S/C16H20N2/c1-5-9-16(10-7-8-12-17)14-15(3)11-13-18(4)6-2/h5-7,9-11,13-14H,1-2,8H2,3-4H3/b10-7-,13-11-,15-14+,16-9+. The Balaban J connectivity index is 4.80. The van der Waals surface area contributed by atoms with Gasteiger partial charge in [0.1, 0.15) is 0 Å². The van der Waals surface area contributed by atoms with Crippen LogP contribution in [-0.2, 0) is 0 Å². The van der Waals surface area contributed by atoms with Gasteiger partial charge in [0.05, 0.1) is 12.5 Å². The minimum atomic E-state index is 0.413. The third kappa shape index (κ3) is 7.95. The summed E-state index contributed by atoms with van der Waals surface area (Å²) >= 11 is 0. The van der Waals surface area contributed by atoms with Crippen LogP contribution < -0.4 is 0 Å². The lowest BCUT2D eigenvalue weighted by Crippen LogP contribution is -1.98. The molecular formula is C16H20N2. The molecule has 0 aliphatic rings. The molecule has 2 nitrogen and oxygen atoms in total. The molecule has 0 aromatic rings. The molecule has 0 heterocycles. The number of hydrogen-bond acceptors (Lipinski definition) is 2. The van der Waals surface area contributed by atoms with Crippen LogP contribution in [0.15, 0.2) is 73.2 Å². The highest BCUT2D eigenvalue weighted by atomic mass is 15.0. The zero-order chi connectivity index (χ0) is 13.8. The maximum absolute atomic E-state index is 8.48. The molecule has 0 fully saturated rings. The van der Waals surface area contributed by atoms with Crippen LogP contribution in [0.25, 0.3) is 0 Å². The summed E-state index contributed by atoms with van der Waals surface area (Å²) in [5, 5.41) is 8.48. The van der Waals surface area contributed by atoms with Gasteiger partial charge >= 0.3 is 0 Å². The molecular weight excluding hydrogens is 220 g/mol. The van der Waals surface area contributed by atoms with Gasteiger partial charge in [-0.3, -0.25) is 0 Å². The molecule has 0 atom stereocenters. The summed E-state index contributed by atoms with van der Waals surface area (Å²) in [6.45, 7) is 9.36. The summed E-state index contributed by atoms with van der Waals surface area (Å²) in [5.74, 6) is 0. The highest BCUT2D eigenvalue weighted by Gasteiger charge is 1.88. The fourth-order valence-electron chi connectivity index (χ4n) is 1.14. The lowest BCUT2D eigenvalue weighted by atomic mass is 10.1. The van der Waals surface area contributed by atoms with Gasteiger partial charge < -0.3 is 4.90 Å². The normalized spacial score (nSPS) is 12.7. The summed E-state index contributed by atoms with van der Waals surface area (Å²) in [5.41, 5.74) is 2.13. The molecule has 0 spiro atoms. The molecule has 0 amide bonds. The Morgan fingerprint density at radius 1 is 1.33 bits per heavy atom. The summed E-state index contributed by atoms with van der Waals surface area (Å²) in [6, 6.07) is 2.07. The topological polar surface area (TPSA) is 27.0 Å². The van der Waals surface area contributed by atoms with E-state index in [2.05, 4.69) is 19.2 Å². The Morgan fingerprint density at radius 2 is 2.06 bits per heavy atom. The first-order valence-electron chi connectivity index (χ1n) is 5.71. The lowest BCUT2D eigenvalue weighted by molar-refractivity contribution is 0.628. The van der Waals surface area contributed by atoms with Crippen LogP contribution in [0.1, 0.15) is 13.3 Å². The van der Waals surface area contributed by atoms with Crippen LogP contribution in [0.3, 0.4) is 0 Å². The molecule has 0 aliphatic heterocycles. The van der Waals surface area contributed by atoms with Gasteiger partial charge in [-0.2, -0.15) is 5.26 Å². The van der Waals surface area contributed by atoms with E-state index in [0.29, 0.717) is 6.42 Å². The molecule has 0 aromatic carbocycles. The van der Waals surface area contributed by atoms with E-state index in [1.165, 1.54) is 0 Å². The lowest BCUT2D eigenvalue weighted by Gasteiger charge is -2.04. The largest absolute Gasteiger partial charge is 0.358 e. The van der Waals surface area contributed by atoms with Crippen LogP contribution in [0, 0.1) is 11.3 Å². The highest BCUT2D eigenvalue weighted by molar-refractivity contribution is 5.38. The Bertz CT molecular complexity index is 429. The van der Waals surface area contributed by atoms with Crippen molar-refractivity contribution in [1.82, 2.24) is 4.90 Å². The second kappa shape index (κ2) is 9.92. The van der Waals surface area contributed by atoms with Gasteiger partial charge in [-0.1, -0.05) is 43.5 Å². The Morgan fingerprint density at radius 3 is 2.61 bits per heavy atom. The van der Waals surface area contributed by atoms with Crippen molar-refractivity contribution in [2.75, 3.05) is 7.05 Å². The molecule has 0 aromatic heterocycles. The van der Waals surface area contributed by atoms with Crippen LogP contribution in [0.5, 0.6) is 0 Å². The van der Waals surface area contributed by atoms with Gasteiger partial charge in [0.2, 0.25) is 0 Å². The van der Waals surface area contributed by atoms with Gasteiger partial charge in [0.25, 0.3) is 0 Å². The fourth-order valence-corrected chi connectivity index (χ4v) is 1.14. The van der Waals surface area contributed by atoms with E-state index in [1.54, 1.807) is 12.3 Å². The first-order chi connectivity index (χ1) is 8.63. The monoisotopic (exact) mass is 240 g/mol. The van der Waals surface area contributed by atoms with Gasteiger partial charge in [0.15, 0.2) is 0 Å². The third-order valence-corrected chi connectivity index (χ3v) is 2.08. The average molecular weight is 240 g/mol. The first-order valence-corrected chi connectivity index (χ1v) is 5.71. The minimum Gasteiger partial charge on any atom is -0.358 e. The van der Waals surface area contributed by atoms with E-state index >= 15 is 0 Å². The second-order valence-corrected chi connectivity index (χ2v) is 3.72. The van der Waals surface area contributed by atoms with Crippen molar-refractivity contribution in [3.63, 3.8) is 0 Å². The quantitative estimate of drug-likeness (QED) is 0.626. The van der Waals surface area contributed by atoms with Crippen molar-refractivity contribution in [3.8, 4) is 6.07 Å². The molecule has 0 saturated carbocycles. The molecule has 0 rings (SSSR count). The van der Waals surface area contributed by atoms with Crippen LogP contribution in [0.4, 0.5) is 0 Å². The van der Waals surface area contributed by atoms with Crippen LogP contribution >= 0.6 is 0 Å². The van der Waals surface area contributed by atoms with Gasteiger partial charge in [-0.25, -0.2) is 0 Å². The molecule has 2 heteroatoms. The Hall–Kier alpha value is -2.27. The predicted octanol–water partition coefficient (Wildman–Crippen LogP) is 4.10. The number of rotatable bonds is 7. The van der Waals surface area contributed by atoms with Gasteiger partial charge in [-0.05, 0) is 30.3 Å². The van der Waals surface area contributed by atoms with E-state index in [1.807, 2.05) is 55.5 Å². The zero-order valence-electron chi connectivity index (χ0n) is 11.1. The molecule has 0 saturated heterocycles. The summed E-state index contributed by atoms with van der Waals surface area (Å²) in [4.78, 5) is 1.87. The number of nitriles is 1. The Labute approximate surface area is 110 Å². The third-order valence-electron chi connectivity index (χ3n) is 2.08. The minimum absolute atomic E-state index is 0.413. The highest BCUT2D eigenvalue weighted by Crippen LogP contribution is 2.07. The van der Waals surface area contributed by atoms with E-state index in [9.17, 15) is 0 Å². The molecule has 0 bridgehead atoms. The molecule has 0 unspecified atom stereocenters. The van der Waals surface area contributed by atoms with Crippen molar-refractivity contribution in [2.24, 2.45) is 0 Å². The smallest absolute Gasteiger partial charge is 0.0663 e. The fraction of sp³-hybridized carbons (Fsp3) is 0.188. The number of allylic oxidation sites excluding steroid dienone is 8. The molecule has 18 heavy (non-hydrogen) atoms. The maximum Gasteiger partial charge on any atom is 0.0663 e. The van der Waals surface area contributed by atoms with Crippen molar-refractivity contribution in [1.29, 1.82) is 5.26 Å². The summed E-state index contributed by atoms with van der Waals surface area (Å²) in [6.07, 6.45) is 15.5. The van der Waals surface area contributed by atoms with Gasteiger partial charge in [0, 0.05) is 13.2 Å². The SMILES string of the molecule is C=C/C=C(\C=C/CC#N)/C=C(C)/C=C\N(C)C=C. The van der Waals surface area contributed by atoms with Crippen molar-refractivity contribution < 1.29 is 0 Å². The molecule has 0 aliphatic carbocycles. The van der Waals surface area contributed by atoms with E-state index in [0.717, 1.165) is 11.1 Å². The second-order valence-electron chi connectivity index (χ2n) is 3.72. The van der Waals surface area contributed by atoms with Crippen molar-refractivity contribution in [3.05, 3.63) is 73.2 Å². The maximum atomic E-state index is 8.48. The zero-order valence-corrected chi connectivity index (χ0v) is 11.1. The molecule has 94 valence electrons. The number of nitrogens with zero attached hydrogens (tertiary/aromatic N) is 2. The molecule has 0 N–H and O–H groups in total. The van der Waals surface area contributed by atoms with E-state index in [-0.39, 0.29) is 0 Å². The number of hydrogen-bond donors (Lipinski definition) is 0. The van der Waals surface area contributed by atoms with Crippen LogP contribution in [-0.4, -0.2) is 11.9 Å². The van der Waals surface area contributed by atoms with Crippen molar-refractivity contribution in [2.45, 2.75) is 13.3 Å². The van der Waals surface area contributed by atoms with E-state index in [4.69, 9.17) is 5.26 Å². The van der Waals surface area contributed by atoms with Crippen molar-refractivity contribution >= 4 is 0 Å². The summed E-state index contributed by atoms with van der Waals surface area (Å²) < 4.78 is 0. The Kier molecular flexibility index (Phi) is 8.67. The molecule has 0 radical (unpaired) electrons. The van der Waals surface area contributed by atoms with Gasteiger partial charge in [-0.15, -0.1) is 0 Å². The van der Waals surface area contributed by atoms with E-state index < -0.39 is 0 Å². The average Bonchev–Trinajstić information content (AvgIpc) is 2.36. The summed E-state index contributed by atoms with van der Waals surface area (Å²) in [7, 11) is 1.92. The van der Waals surface area contributed by atoms with Crippen LogP contribution in [0.2, 0.25) is 0 Å². The first kappa shape index (κ1) is 15.7.